The van der Waals surface area contributed by atoms with Crippen LogP contribution in [0.3, 0.4) is 0 Å². The molecule has 0 unspecified atom stereocenters. The maximum atomic E-state index is 13.9. The van der Waals surface area contributed by atoms with Crippen LogP contribution < -0.4 is 0 Å². The molecule has 0 saturated heterocycles. The van der Waals surface area contributed by atoms with E-state index in [2.05, 4.69) is 42.9 Å². The van der Waals surface area contributed by atoms with Crippen molar-refractivity contribution < 1.29 is 17.5 Å². The summed E-state index contributed by atoms with van der Waals surface area (Å²) < 4.78 is 13.9. The van der Waals surface area contributed by atoms with Crippen LogP contribution in [0.4, 0.5) is 15.8 Å². The molecule has 3 nitrogen and oxygen atoms in total. The second-order valence-corrected chi connectivity index (χ2v) is 8.88. The van der Waals surface area contributed by atoms with Gasteiger partial charge < -0.3 is 0 Å². The summed E-state index contributed by atoms with van der Waals surface area (Å²) in [5.41, 5.74) is 7.77. The monoisotopic (exact) mass is 499 g/mol. The molecule has 0 saturated carbocycles. The molecule has 1 heterocycles. The Labute approximate surface area is 198 Å². The molecule has 3 rings (SSSR count). The molecule has 0 spiro atoms. The summed E-state index contributed by atoms with van der Waals surface area (Å²) in [7, 11) is 9.53. The van der Waals surface area contributed by atoms with Gasteiger partial charge in [-0.3, -0.25) is 4.99 Å². The van der Waals surface area contributed by atoms with E-state index in [0.717, 1.165) is 28.2 Å². The number of aromatic nitrogens is 1. The van der Waals surface area contributed by atoms with Crippen molar-refractivity contribution in [2.45, 2.75) is 34.6 Å². The van der Waals surface area contributed by atoms with Gasteiger partial charge in [-0.05, 0) is 70.0 Å². The number of hydrogen-bond donors (Lipinski definition) is 0. The number of halogens is 3. The summed E-state index contributed by atoms with van der Waals surface area (Å²) in [6.07, 6.45) is 0. The fourth-order valence-corrected chi connectivity index (χ4v) is 3.19. The van der Waals surface area contributed by atoms with Gasteiger partial charge in [0.1, 0.15) is 5.82 Å². The van der Waals surface area contributed by atoms with Crippen LogP contribution in [0, 0.1) is 26.6 Å². The zero-order valence-electron chi connectivity index (χ0n) is 18.0. The molecule has 0 aliphatic carbocycles. The summed E-state index contributed by atoms with van der Waals surface area (Å²) in [4.78, 5) is 13.9. The number of para-hydroxylation sites is 1. The van der Waals surface area contributed by atoms with Gasteiger partial charge in [0.25, 0.3) is 0 Å². The van der Waals surface area contributed by atoms with Gasteiger partial charge in [-0.15, -0.1) is 0 Å². The number of benzene rings is 2. The van der Waals surface area contributed by atoms with E-state index in [0.29, 0.717) is 17.1 Å². The van der Waals surface area contributed by atoms with Crippen LogP contribution in [0.1, 0.15) is 41.9 Å². The summed E-state index contributed by atoms with van der Waals surface area (Å²) in [5, 5.41) is 0. The molecule has 0 aliphatic rings. The Kier molecular flexibility index (Phi) is 9.86. The number of aryl methyl sites for hydroxylation is 3. The van der Waals surface area contributed by atoms with Gasteiger partial charge in [-0.2, -0.15) is 0 Å². The molecule has 0 radical (unpaired) electrons. The topological polar surface area (TPSA) is 37.6 Å². The van der Waals surface area contributed by atoms with Gasteiger partial charge in [-0.25, -0.2) is 14.4 Å². The molecular formula is C24H24Cl2FFeN3. The Morgan fingerprint density at radius 2 is 1.35 bits per heavy atom. The van der Waals surface area contributed by atoms with Crippen molar-refractivity contribution in [1.29, 1.82) is 0 Å². The molecule has 3 aromatic rings. The SMILES string of the molecule is CC(=Nc1ccccc1F)c1cccc(C(C)=Nc2c(C)cc(C)cc2C)n1.[Cl][Fe][Cl]. The molecule has 7 heteroatoms. The van der Waals surface area contributed by atoms with Gasteiger partial charge in [0.05, 0.1) is 34.2 Å². The van der Waals surface area contributed by atoms with Crippen molar-refractivity contribution in [3.63, 3.8) is 0 Å². The number of hydrogen-bond acceptors (Lipinski definition) is 3. The third-order valence-corrected chi connectivity index (χ3v) is 4.55. The first-order chi connectivity index (χ1) is 14.8. The van der Waals surface area contributed by atoms with Crippen LogP contribution in [-0.2, 0) is 13.1 Å². The molecule has 164 valence electrons. The van der Waals surface area contributed by atoms with E-state index in [9.17, 15) is 4.39 Å². The quantitative estimate of drug-likeness (QED) is 0.266. The van der Waals surface area contributed by atoms with E-state index < -0.39 is 0 Å². The fraction of sp³-hybridized carbons (Fsp3) is 0.208. The first kappa shape index (κ1) is 25.2. The average molecular weight is 500 g/mol. The van der Waals surface area contributed by atoms with Crippen molar-refractivity contribution >= 4 is 43.0 Å². The Balaban J connectivity index is 0.00000107. The maximum absolute atomic E-state index is 13.9. The van der Waals surface area contributed by atoms with E-state index in [1.807, 2.05) is 32.0 Å². The Morgan fingerprint density at radius 3 is 1.90 bits per heavy atom. The number of pyridine rings is 1. The summed E-state index contributed by atoms with van der Waals surface area (Å²) in [6, 6.07) is 16.5. The fourth-order valence-electron chi connectivity index (χ4n) is 3.19. The molecule has 1 aromatic heterocycles. The second-order valence-electron chi connectivity index (χ2n) is 7.05. The van der Waals surface area contributed by atoms with Crippen LogP contribution in [0.15, 0.2) is 64.6 Å². The van der Waals surface area contributed by atoms with Gasteiger partial charge in [-0.1, -0.05) is 35.9 Å². The van der Waals surface area contributed by atoms with Crippen LogP contribution in [0.2, 0.25) is 0 Å². The minimum atomic E-state index is -0.346. The van der Waals surface area contributed by atoms with Crippen molar-refractivity contribution in [2.75, 3.05) is 0 Å². The van der Waals surface area contributed by atoms with Gasteiger partial charge in [0.2, 0.25) is 0 Å². The van der Waals surface area contributed by atoms with Crippen molar-refractivity contribution in [3.05, 3.63) is 88.5 Å². The van der Waals surface area contributed by atoms with Gasteiger partial charge >= 0.3 is 33.3 Å². The van der Waals surface area contributed by atoms with Crippen molar-refractivity contribution in [1.82, 2.24) is 4.98 Å². The first-order valence-electron chi connectivity index (χ1n) is 9.52. The third kappa shape index (κ3) is 7.26. The molecule has 0 fully saturated rings. The third-order valence-electron chi connectivity index (χ3n) is 4.55. The van der Waals surface area contributed by atoms with Gasteiger partial charge in [0, 0.05) is 0 Å². The molecule has 0 aliphatic heterocycles. The standard InChI is InChI=1S/C24H24FN3.2ClH.Fe/c1-15-13-16(2)24(17(3)14-15)27-19(5)22-12-8-11-21(28-22)18(4)26-23-10-7-6-9-20(23)25;;;/h6-14H,1-5H3;2*1H;/q;;;+2/p-2. The number of nitrogens with zero attached hydrogens (tertiary/aromatic N) is 3. The molecule has 31 heavy (non-hydrogen) atoms. The summed E-state index contributed by atoms with van der Waals surface area (Å²) >= 11 is 0.194. The average Bonchev–Trinajstić information content (AvgIpc) is 2.73. The summed E-state index contributed by atoms with van der Waals surface area (Å²) in [6.45, 7) is 10.0. The summed E-state index contributed by atoms with van der Waals surface area (Å²) in [5.74, 6) is -0.346. The Morgan fingerprint density at radius 1 is 0.839 bits per heavy atom. The molecule has 0 atom stereocenters. The predicted molar refractivity (Wildman–Crippen MR) is 127 cm³/mol. The van der Waals surface area contributed by atoms with Crippen LogP contribution in [0.5, 0.6) is 0 Å². The van der Waals surface area contributed by atoms with Crippen LogP contribution in [0.25, 0.3) is 0 Å². The number of rotatable bonds is 4. The second kappa shape index (κ2) is 12.1. The van der Waals surface area contributed by atoms with Crippen LogP contribution >= 0.6 is 20.2 Å². The van der Waals surface area contributed by atoms with E-state index in [1.165, 1.54) is 11.6 Å². The Hall–Kier alpha value is -2.04. The van der Waals surface area contributed by atoms with Crippen molar-refractivity contribution in [3.8, 4) is 0 Å². The molecule has 0 bridgehead atoms. The first-order valence-corrected chi connectivity index (χ1v) is 12.6. The predicted octanol–water partition coefficient (Wildman–Crippen LogP) is 7.80. The molecule has 2 aromatic carbocycles. The molecular weight excluding hydrogens is 476 g/mol. The zero-order chi connectivity index (χ0) is 23.0. The minimum absolute atomic E-state index is 0.194. The van der Waals surface area contributed by atoms with Crippen LogP contribution in [-0.4, -0.2) is 16.4 Å². The molecule has 0 N–H and O–H groups in total. The van der Waals surface area contributed by atoms with E-state index in [1.54, 1.807) is 18.2 Å². The zero-order valence-corrected chi connectivity index (χ0v) is 20.6. The normalized spacial score (nSPS) is 11.9. The van der Waals surface area contributed by atoms with Crippen molar-refractivity contribution in [2.24, 2.45) is 9.98 Å². The van der Waals surface area contributed by atoms with E-state index >= 15 is 0 Å². The molecule has 0 amide bonds. The van der Waals surface area contributed by atoms with E-state index in [4.69, 9.17) is 25.2 Å². The number of aliphatic imine (C=N–C) groups is 2. The Bertz CT molecular complexity index is 1090. The van der Waals surface area contributed by atoms with Gasteiger partial charge in [0.15, 0.2) is 0 Å². The van der Waals surface area contributed by atoms with E-state index in [-0.39, 0.29) is 19.0 Å².